The van der Waals surface area contributed by atoms with Crippen LogP contribution in [0.4, 0.5) is 0 Å². The fourth-order valence-corrected chi connectivity index (χ4v) is 1.71. The zero-order valence-electron chi connectivity index (χ0n) is 9.42. The summed E-state index contributed by atoms with van der Waals surface area (Å²) in [5.41, 5.74) is 1.43. The van der Waals surface area contributed by atoms with Crippen molar-refractivity contribution in [3.05, 3.63) is 30.0 Å². The summed E-state index contributed by atoms with van der Waals surface area (Å²) in [6.45, 7) is 0.457. The maximum absolute atomic E-state index is 11.7. The third-order valence-corrected chi connectivity index (χ3v) is 2.64. The first-order valence-corrected chi connectivity index (χ1v) is 5.79. The molecule has 5 heteroatoms. The highest BCUT2D eigenvalue weighted by molar-refractivity contribution is 6.18. The van der Waals surface area contributed by atoms with Crippen LogP contribution < -0.4 is 10.1 Å². The molecule has 1 heterocycles. The first-order chi connectivity index (χ1) is 8.24. The van der Waals surface area contributed by atoms with E-state index in [4.69, 9.17) is 16.3 Å². The van der Waals surface area contributed by atoms with Gasteiger partial charge in [0, 0.05) is 23.3 Å². The van der Waals surface area contributed by atoms with Crippen LogP contribution in [0.3, 0.4) is 0 Å². The number of carbonyl (C=O) groups excluding carboxylic acids is 1. The molecule has 0 saturated heterocycles. The quantitative estimate of drug-likeness (QED) is 0.820. The van der Waals surface area contributed by atoms with E-state index in [1.165, 1.54) is 0 Å². The van der Waals surface area contributed by atoms with Crippen molar-refractivity contribution in [2.24, 2.45) is 0 Å². The van der Waals surface area contributed by atoms with Crippen molar-refractivity contribution in [3.8, 4) is 5.75 Å². The molecule has 0 fully saturated rings. The number of alkyl halides is 1. The van der Waals surface area contributed by atoms with Gasteiger partial charge < -0.3 is 15.0 Å². The summed E-state index contributed by atoms with van der Waals surface area (Å²) in [7, 11) is 1.61. The van der Waals surface area contributed by atoms with E-state index in [9.17, 15) is 4.79 Å². The topological polar surface area (TPSA) is 54.1 Å². The number of hydrogen-bond acceptors (Lipinski definition) is 2. The smallest absolute Gasteiger partial charge is 0.267 e. The van der Waals surface area contributed by atoms with E-state index in [1.807, 2.05) is 18.2 Å². The highest BCUT2D eigenvalue weighted by atomic mass is 35.5. The Morgan fingerprint density at radius 1 is 1.47 bits per heavy atom. The van der Waals surface area contributed by atoms with Crippen LogP contribution in [0, 0.1) is 0 Å². The molecule has 2 aromatic rings. The second kappa shape index (κ2) is 5.10. The molecule has 2 N–H and O–H groups in total. The third kappa shape index (κ3) is 2.53. The minimum atomic E-state index is -0.152. The van der Waals surface area contributed by atoms with Crippen molar-refractivity contribution in [3.63, 3.8) is 0 Å². The molecule has 0 radical (unpaired) electrons. The number of amides is 1. The molecule has 0 aliphatic heterocycles. The molecule has 2 rings (SSSR count). The Hall–Kier alpha value is -1.68. The zero-order valence-corrected chi connectivity index (χ0v) is 10.2. The number of halogens is 1. The molecule has 0 atom stereocenters. The van der Waals surface area contributed by atoms with Gasteiger partial charge in [0.15, 0.2) is 0 Å². The summed E-state index contributed by atoms with van der Waals surface area (Å²) in [6, 6.07) is 7.40. The lowest BCUT2D eigenvalue weighted by Gasteiger charge is -1.98. The van der Waals surface area contributed by atoms with Gasteiger partial charge in [-0.3, -0.25) is 4.79 Å². The lowest BCUT2D eigenvalue weighted by atomic mass is 10.2. The Morgan fingerprint density at radius 2 is 2.29 bits per heavy atom. The van der Waals surface area contributed by atoms with Crippen molar-refractivity contribution in [2.45, 2.75) is 0 Å². The molecule has 4 nitrogen and oxygen atoms in total. The lowest BCUT2D eigenvalue weighted by molar-refractivity contribution is 0.0952. The monoisotopic (exact) mass is 252 g/mol. The van der Waals surface area contributed by atoms with Gasteiger partial charge in [0.25, 0.3) is 5.91 Å². The molecular formula is C12H13ClN2O2. The van der Waals surface area contributed by atoms with E-state index < -0.39 is 0 Å². The van der Waals surface area contributed by atoms with Gasteiger partial charge in [-0.1, -0.05) is 0 Å². The molecule has 90 valence electrons. The van der Waals surface area contributed by atoms with Gasteiger partial charge in [-0.05, 0) is 24.3 Å². The minimum Gasteiger partial charge on any atom is -0.497 e. The number of rotatable bonds is 4. The summed E-state index contributed by atoms with van der Waals surface area (Å²) in [5, 5.41) is 3.65. The van der Waals surface area contributed by atoms with E-state index in [0.717, 1.165) is 16.7 Å². The molecule has 0 unspecified atom stereocenters. The number of aromatic nitrogens is 1. The van der Waals surface area contributed by atoms with Gasteiger partial charge in [-0.25, -0.2) is 0 Å². The van der Waals surface area contributed by atoms with Crippen molar-refractivity contribution in [1.82, 2.24) is 10.3 Å². The standard InChI is InChI=1S/C12H13ClN2O2/c1-17-9-2-3-10-8(6-9)7-11(15-10)12(16)14-5-4-13/h2-3,6-7,15H,4-5H2,1H3,(H,14,16). The van der Waals surface area contributed by atoms with Gasteiger partial charge in [0.05, 0.1) is 7.11 Å². The number of nitrogens with one attached hydrogen (secondary N) is 2. The highest BCUT2D eigenvalue weighted by Crippen LogP contribution is 2.21. The van der Waals surface area contributed by atoms with Crippen LogP contribution >= 0.6 is 11.6 Å². The third-order valence-electron chi connectivity index (χ3n) is 2.45. The van der Waals surface area contributed by atoms with Crippen molar-refractivity contribution in [1.29, 1.82) is 0 Å². The number of H-pyrrole nitrogens is 1. The fraction of sp³-hybridized carbons (Fsp3) is 0.250. The van der Waals surface area contributed by atoms with Crippen LogP contribution in [0.5, 0.6) is 5.75 Å². The van der Waals surface area contributed by atoms with Crippen molar-refractivity contribution in [2.75, 3.05) is 19.5 Å². The van der Waals surface area contributed by atoms with Crippen LogP contribution in [0.25, 0.3) is 10.9 Å². The van der Waals surface area contributed by atoms with Crippen LogP contribution in [-0.4, -0.2) is 30.4 Å². The van der Waals surface area contributed by atoms with Gasteiger partial charge in [-0.15, -0.1) is 11.6 Å². The maximum Gasteiger partial charge on any atom is 0.267 e. The largest absolute Gasteiger partial charge is 0.497 e. The molecular weight excluding hydrogens is 240 g/mol. The first kappa shape index (κ1) is 11.8. The number of aromatic amines is 1. The zero-order chi connectivity index (χ0) is 12.3. The molecule has 0 aliphatic rings. The van der Waals surface area contributed by atoms with E-state index in [-0.39, 0.29) is 5.91 Å². The SMILES string of the molecule is COc1ccc2[nH]c(C(=O)NCCCl)cc2c1. The van der Waals surface area contributed by atoms with Crippen molar-refractivity contribution < 1.29 is 9.53 Å². The molecule has 0 bridgehead atoms. The Morgan fingerprint density at radius 3 is 3.00 bits per heavy atom. The molecule has 0 saturated carbocycles. The number of benzene rings is 1. The second-order valence-electron chi connectivity index (χ2n) is 3.58. The maximum atomic E-state index is 11.7. The number of ether oxygens (including phenoxy) is 1. The summed E-state index contributed by atoms with van der Waals surface area (Å²) in [4.78, 5) is 14.7. The first-order valence-electron chi connectivity index (χ1n) is 5.25. The second-order valence-corrected chi connectivity index (χ2v) is 3.96. The van der Waals surface area contributed by atoms with E-state index in [0.29, 0.717) is 18.1 Å². The number of carbonyl (C=O) groups is 1. The number of methoxy groups -OCH3 is 1. The average Bonchev–Trinajstić information content (AvgIpc) is 2.78. The molecule has 0 spiro atoms. The minimum absolute atomic E-state index is 0.152. The van der Waals surface area contributed by atoms with E-state index in [1.54, 1.807) is 13.2 Å². The van der Waals surface area contributed by atoms with Gasteiger partial charge in [0.2, 0.25) is 0 Å². The highest BCUT2D eigenvalue weighted by Gasteiger charge is 2.08. The molecule has 0 aliphatic carbocycles. The number of hydrogen-bond donors (Lipinski definition) is 2. The van der Waals surface area contributed by atoms with Crippen LogP contribution in [0.1, 0.15) is 10.5 Å². The number of fused-ring (bicyclic) bond motifs is 1. The predicted molar refractivity (Wildman–Crippen MR) is 67.9 cm³/mol. The summed E-state index contributed by atoms with van der Waals surface area (Å²) in [6.07, 6.45) is 0. The summed E-state index contributed by atoms with van der Waals surface area (Å²) < 4.78 is 5.13. The Balaban J connectivity index is 2.28. The summed E-state index contributed by atoms with van der Waals surface area (Å²) >= 11 is 5.51. The average molecular weight is 253 g/mol. The van der Waals surface area contributed by atoms with Crippen LogP contribution in [-0.2, 0) is 0 Å². The Bertz CT molecular complexity index is 536. The fourth-order valence-electron chi connectivity index (χ4n) is 1.62. The van der Waals surface area contributed by atoms with Crippen molar-refractivity contribution >= 4 is 28.4 Å². The van der Waals surface area contributed by atoms with E-state index in [2.05, 4.69) is 10.3 Å². The normalized spacial score (nSPS) is 10.5. The Kier molecular flexibility index (Phi) is 3.54. The Labute approximate surface area is 104 Å². The molecule has 17 heavy (non-hydrogen) atoms. The van der Waals surface area contributed by atoms with Gasteiger partial charge in [-0.2, -0.15) is 0 Å². The molecule has 1 amide bonds. The summed E-state index contributed by atoms with van der Waals surface area (Å²) in [5.74, 6) is 1.02. The van der Waals surface area contributed by atoms with Crippen LogP contribution in [0.15, 0.2) is 24.3 Å². The molecule has 1 aromatic carbocycles. The predicted octanol–water partition coefficient (Wildman–Crippen LogP) is 2.15. The lowest BCUT2D eigenvalue weighted by Crippen LogP contribution is -2.25. The molecule has 1 aromatic heterocycles. The van der Waals surface area contributed by atoms with E-state index >= 15 is 0 Å². The van der Waals surface area contributed by atoms with Gasteiger partial charge in [0.1, 0.15) is 11.4 Å². The van der Waals surface area contributed by atoms with Crippen LogP contribution in [0.2, 0.25) is 0 Å². The van der Waals surface area contributed by atoms with Gasteiger partial charge >= 0.3 is 0 Å².